The number of hydrogen-bond acceptors (Lipinski definition) is 4. The summed E-state index contributed by atoms with van der Waals surface area (Å²) in [6, 6.07) is 9.32. The van der Waals surface area contributed by atoms with Gasteiger partial charge in [0.2, 0.25) is 0 Å². The molecule has 0 atom stereocenters. The predicted molar refractivity (Wildman–Crippen MR) is 100 cm³/mol. The van der Waals surface area contributed by atoms with Crippen molar-refractivity contribution in [1.29, 1.82) is 0 Å². The molecule has 0 aliphatic rings. The van der Waals surface area contributed by atoms with Gasteiger partial charge in [0.25, 0.3) is 5.91 Å². The largest absolute Gasteiger partial charge is 0.484 e. The summed E-state index contributed by atoms with van der Waals surface area (Å²) in [4.78, 5) is 23.5. The van der Waals surface area contributed by atoms with Crippen molar-refractivity contribution in [2.45, 2.75) is 13.1 Å². The van der Waals surface area contributed by atoms with Gasteiger partial charge in [0.15, 0.2) is 6.61 Å². The molecule has 0 unspecified atom stereocenters. The molecule has 146 valence electrons. The van der Waals surface area contributed by atoms with Crippen LogP contribution in [0.4, 0.5) is 18.9 Å². The molecule has 0 bridgehead atoms. The molecule has 3 rings (SSSR count). The number of nitrogens with one attached hydrogen (secondary N) is 1. The van der Waals surface area contributed by atoms with Crippen LogP contribution in [0.5, 0.6) is 5.75 Å². The van der Waals surface area contributed by atoms with Crippen LogP contribution >= 0.6 is 15.9 Å². The second-order valence-corrected chi connectivity index (χ2v) is 6.81. The first kappa shape index (κ1) is 19.9. The van der Waals surface area contributed by atoms with Gasteiger partial charge >= 0.3 is 11.8 Å². The lowest BCUT2D eigenvalue weighted by molar-refractivity contribution is -0.136. The number of fused-ring (bicyclic) bond motifs is 1. The highest BCUT2D eigenvalue weighted by Crippen LogP contribution is 2.34. The molecule has 0 radical (unpaired) electrons. The molecule has 5 nitrogen and oxygen atoms in total. The fraction of sp³-hybridized carbons (Fsp3) is 0.158. The molecule has 28 heavy (non-hydrogen) atoms. The van der Waals surface area contributed by atoms with Crippen molar-refractivity contribution in [3.05, 3.63) is 68.5 Å². The van der Waals surface area contributed by atoms with Crippen molar-refractivity contribution in [3.63, 3.8) is 0 Å². The zero-order valence-corrected chi connectivity index (χ0v) is 16.0. The smallest absolute Gasteiger partial charge is 0.417 e. The second kappa shape index (κ2) is 7.67. The van der Waals surface area contributed by atoms with Crippen molar-refractivity contribution < 1.29 is 27.1 Å². The van der Waals surface area contributed by atoms with E-state index >= 15 is 0 Å². The minimum absolute atomic E-state index is 0.0908. The van der Waals surface area contributed by atoms with Crippen molar-refractivity contribution in [2.24, 2.45) is 0 Å². The van der Waals surface area contributed by atoms with Crippen LogP contribution in [0.3, 0.4) is 0 Å². The maximum atomic E-state index is 13.0. The Kier molecular flexibility index (Phi) is 5.46. The summed E-state index contributed by atoms with van der Waals surface area (Å²) >= 11 is 3.34. The van der Waals surface area contributed by atoms with Crippen molar-refractivity contribution in [1.82, 2.24) is 0 Å². The summed E-state index contributed by atoms with van der Waals surface area (Å²) in [5.41, 5.74) is -0.930. The van der Waals surface area contributed by atoms with Gasteiger partial charge in [-0.05, 0) is 52.7 Å². The quantitative estimate of drug-likeness (QED) is 0.568. The SMILES string of the molecule is Cc1ccc(NC(=O)COc2ccc3c(C(F)(F)F)cc(=O)oc3c2)c(Br)c1. The molecule has 3 aromatic rings. The molecule has 1 heterocycles. The number of aryl methyl sites for hydroxylation is 1. The normalized spacial score (nSPS) is 11.5. The Labute approximate surface area is 165 Å². The summed E-state index contributed by atoms with van der Waals surface area (Å²) in [6.07, 6.45) is -4.70. The number of ether oxygens (including phenoxy) is 1. The minimum Gasteiger partial charge on any atom is -0.484 e. The third-order valence-corrected chi connectivity index (χ3v) is 4.45. The van der Waals surface area contributed by atoms with E-state index in [1.165, 1.54) is 6.07 Å². The maximum Gasteiger partial charge on any atom is 0.417 e. The van der Waals surface area contributed by atoms with E-state index in [0.29, 0.717) is 16.2 Å². The van der Waals surface area contributed by atoms with Gasteiger partial charge in [-0.1, -0.05) is 6.07 Å². The number of amides is 1. The second-order valence-electron chi connectivity index (χ2n) is 5.95. The van der Waals surface area contributed by atoms with Crippen LogP contribution in [0.25, 0.3) is 11.0 Å². The van der Waals surface area contributed by atoms with Gasteiger partial charge in [0.05, 0.1) is 11.3 Å². The van der Waals surface area contributed by atoms with Crippen LogP contribution in [-0.2, 0) is 11.0 Å². The monoisotopic (exact) mass is 455 g/mol. The Morgan fingerprint density at radius 1 is 1.18 bits per heavy atom. The highest BCUT2D eigenvalue weighted by molar-refractivity contribution is 9.10. The molecular weight excluding hydrogens is 443 g/mol. The Morgan fingerprint density at radius 2 is 1.93 bits per heavy atom. The van der Waals surface area contributed by atoms with Crippen molar-refractivity contribution in [2.75, 3.05) is 11.9 Å². The zero-order chi connectivity index (χ0) is 20.5. The molecule has 0 spiro atoms. The van der Waals surface area contributed by atoms with E-state index in [9.17, 15) is 22.8 Å². The summed E-state index contributed by atoms with van der Waals surface area (Å²) in [5.74, 6) is -0.372. The van der Waals surface area contributed by atoms with Gasteiger partial charge in [-0.3, -0.25) is 4.79 Å². The Bertz CT molecular complexity index is 1110. The van der Waals surface area contributed by atoms with Crippen molar-refractivity contribution >= 4 is 38.5 Å². The van der Waals surface area contributed by atoms with Gasteiger partial charge in [0.1, 0.15) is 11.3 Å². The van der Waals surface area contributed by atoms with E-state index in [1.807, 2.05) is 19.1 Å². The third-order valence-electron chi connectivity index (χ3n) is 3.79. The summed E-state index contributed by atoms with van der Waals surface area (Å²) in [7, 11) is 0. The number of benzene rings is 2. The van der Waals surface area contributed by atoms with Crippen LogP contribution in [0.15, 0.2) is 56.1 Å². The molecule has 0 saturated carbocycles. The van der Waals surface area contributed by atoms with E-state index < -0.39 is 23.3 Å². The molecule has 1 aromatic heterocycles. The zero-order valence-electron chi connectivity index (χ0n) is 14.4. The first-order valence-corrected chi connectivity index (χ1v) is 8.77. The summed E-state index contributed by atoms with van der Waals surface area (Å²) in [6.45, 7) is 1.52. The summed E-state index contributed by atoms with van der Waals surface area (Å²) < 4.78 is 50.0. The van der Waals surface area contributed by atoms with Gasteiger partial charge in [0, 0.05) is 22.0 Å². The van der Waals surface area contributed by atoms with Gasteiger partial charge in [-0.25, -0.2) is 4.79 Å². The number of halogens is 4. The maximum absolute atomic E-state index is 13.0. The average molecular weight is 456 g/mol. The standard InChI is InChI=1S/C19H13BrF3NO4/c1-10-2-5-15(14(20)6-10)24-17(25)9-27-11-3-4-12-13(19(21,22)23)8-18(26)28-16(12)7-11/h2-8H,9H2,1H3,(H,24,25). The number of carbonyl (C=O) groups excluding carboxylic acids is 1. The van der Waals surface area contributed by atoms with Gasteiger partial charge in [-0.2, -0.15) is 13.2 Å². The lowest BCUT2D eigenvalue weighted by Crippen LogP contribution is -2.20. The lowest BCUT2D eigenvalue weighted by atomic mass is 10.1. The first-order chi connectivity index (χ1) is 13.1. The minimum atomic E-state index is -4.70. The topological polar surface area (TPSA) is 68.5 Å². The van der Waals surface area contributed by atoms with Gasteiger partial charge in [-0.15, -0.1) is 0 Å². The number of carbonyl (C=O) groups is 1. The number of rotatable bonds is 4. The molecule has 0 aliphatic carbocycles. The number of hydrogen-bond donors (Lipinski definition) is 1. The molecular formula is C19H13BrF3NO4. The first-order valence-electron chi connectivity index (χ1n) is 7.97. The number of anilines is 1. The fourth-order valence-corrected chi connectivity index (χ4v) is 3.12. The Hall–Kier alpha value is -2.81. The van der Waals surface area contributed by atoms with E-state index in [1.54, 1.807) is 6.07 Å². The van der Waals surface area contributed by atoms with E-state index in [-0.39, 0.29) is 23.3 Å². The highest BCUT2D eigenvalue weighted by atomic mass is 79.9. The molecule has 1 N–H and O–H groups in total. The van der Waals surface area contributed by atoms with E-state index in [4.69, 9.17) is 9.15 Å². The number of alkyl halides is 3. The molecule has 1 amide bonds. The molecule has 0 aliphatic heterocycles. The molecule has 0 fully saturated rings. The third kappa shape index (κ3) is 4.53. The molecule has 0 saturated heterocycles. The molecule has 2 aromatic carbocycles. The van der Waals surface area contributed by atoms with Crippen LogP contribution in [-0.4, -0.2) is 12.5 Å². The van der Waals surface area contributed by atoms with E-state index in [0.717, 1.165) is 17.7 Å². The Morgan fingerprint density at radius 3 is 2.61 bits per heavy atom. The van der Waals surface area contributed by atoms with E-state index in [2.05, 4.69) is 21.2 Å². The van der Waals surface area contributed by atoms with Gasteiger partial charge < -0.3 is 14.5 Å². The lowest BCUT2D eigenvalue weighted by Gasteiger charge is -2.11. The average Bonchev–Trinajstić information content (AvgIpc) is 2.60. The van der Waals surface area contributed by atoms with Crippen LogP contribution < -0.4 is 15.7 Å². The highest BCUT2D eigenvalue weighted by Gasteiger charge is 2.33. The fourth-order valence-electron chi connectivity index (χ4n) is 2.52. The summed E-state index contributed by atoms with van der Waals surface area (Å²) in [5, 5.41) is 2.38. The van der Waals surface area contributed by atoms with Crippen LogP contribution in [0.2, 0.25) is 0 Å². The molecule has 9 heteroatoms. The Balaban J connectivity index is 1.76. The van der Waals surface area contributed by atoms with Crippen LogP contribution in [0, 0.1) is 6.92 Å². The van der Waals surface area contributed by atoms with Crippen LogP contribution in [0.1, 0.15) is 11.1 Å². The van der Waals surface area contributed by atoms with Crippen molar-refractivity contribution in [3.8, 4) is 5.75 Å². The predicted octanol–water partition coefficient (Wildman–Crippen LogP) is 4.90.